The molecule has 0 spiro atoms. The van der Waals surface area contributed by atoms with Gasteiger partial charge in [-0.05, 0) is 114 Å². The zero-order valence-corrected chi connectivity index (χ0v) is 21.0. The molecule has 7 nitrogen and oxygen atoms in total. The number of nitrogens with zero attached hydrogens (tertiary/aromatic N) is 3. The zero-order valence-electron chi connectivity index (χ0n) is 21.0. The number of anilines is 1. The van der Waals surface area contributed by atoms with Crippen LogP contribution >= 0.6 is 0 Å². The average molecular weight is 471 g/mol. The lowest BCUT2D eigenvalue weighted by atomic mass is 9.90. The van der Waals surface area contributed by atoms with E-state index in [0.29, 0.717) is 0 Å². The number of aliphatic hydroxyl groups excluding tert-OH is 1. The van der Waals surface area contributed by atoms with Crippen molar-refractivity contribution in [3.05, 3.63) is 69.8 Å². The summed E-state index contributed by atoms with van der Waals surface area (Å²) >= 11 is 0. The molecule has 2 saturated heterocycles. The van der Waals surface area contributed by atoms with Gasteiger partial charge in [-0.15, -0.1) is 0 Å². The second-order valence-electron chi connectivity index (χ2n) is 9.57. The number of benzene rings is 2. The lowest BCUT2D eigenvalue weighted by Gasteiger charge is -2.28. The van der Waals surface area contributed by atoms with E-state index in [1.165, 1.54) is 56.3 Å². The van der Waals surface area contributed by atoms with Crippen LogP contribution in [0.2, 0.25) is 0 Å². The number of likely N-dealkylation sites (tertiary alicyclic amines) is 2. The Labute approximate surface area is 204 Å². The smallest absolute Gasteiger partial charge is 0.269 e. The summed E-state index contributed by atoms with van der Waals surface area (Å²) in [6, 6.07) is 15.3. The number of non-ortho nitro benzene ring substituents is 1. The third kappa shape index (κ3) is 9.79. The fraction of sp³-hybridized carbons (Fsp3) is 0.556. The van der Waals surface area contributed by atoms with Crippen molar-refractivity contribution >= 4 is 11.4 Å². The molecule has 0 saturated carbocycles. The molecule has 7 heteroatoms. The van der Waals surface area contributed by atoms with E-state index >= 15 is 0 Å². The van der Waals surface area contributed by atoms with Crippen molar-refractivity contribution in [2.75, 3.05) is 53.1 Å². The first-order chi connectivity index (χ1) is 16.4. The van der Waals surface area contributed by atoms with E-state index in [1.54, 1.807) is 12.1 Å². The highest BCUT2D eigenvalue weighted by Crippen LogP contribution is 2.23. The quantitative estimate of drug-likeness (QED) is 0.385. The van der Waals surface area contributed by atoms with Gasteiger partial charge < -0.3 is 20.6 Å². The predicted octanol–water partition coefficient (Wildman–Crippen LogP) is 4.24. The minimum atomic E-state index is -0.348. The lowest BCUT2D eigenvalue weighted by molar-refractivity contribution is -0.384. The molecule has 34 heavy (non-hydrogen) atoms. The van der Waals surface area contributed by atoms with E-state index in [1.807, 2.05) is 24.3 Å². The average Bonchev–Trinajstić information content (AvgIpc) is 2.85. The molecule has 0 unspecified atom stereocenters. The van der Waals surface area contributed by atoms with E-state index in [-0.39, 0.29) is 10.6 Å². The van der Waals surface area contributed by atoms with E-state index in [4.69, 9.17) is 10.8 Å². The Morgan fingerprint density at radius 2 is 1.15 bits per heavy atom. The molecule has 2 aliphatic rings. The van der Waals surface area contributed by atoms with Gasteiger partial charge in [0.2, 0.25) is 0 Å². The highest BCUT2D eigenvalue weighted by atomic mass is 16.6. The van der Waals surface area contributed by atoms with Gasteiger partial charge in [0.1, 0.15) is 0 Å². The summed E-state index contributed by atoms with van der Waals surface area (Å²) in [5.74, 6) is 1.59. The van der Waals surface area contributed by atoms with E-state index in [9.17, 15) is 10.1 Å². The van der Waals surface area contributed by atoms with Crippen molar-refractivity contribution in [3.63, 3.8) is 0 Å². The Hall–Kier alpha value is -2.48. The number of nitro groups is 1. The van der Waals surface area contributed by atoms with Crippen molar-refractivity contribution < 1.29 is 10.0 Å². The summed E-state index contributed by atoms with van der Waals surface area (Å²) < 4.78 is 0. The first-order valence-electron chi connectivity index (χ1n) is 12.3. The number of nitro benzene ring substituents is 1. The van der Waals surface area contributed by atoms with Crippen molar-refractivity contribution in [2.24, 2.45) is 11.8 Å². The minimum absolute atomic E-state index is 0.178. The first-order valence-corrected chi connectivity index (χ1v) is 12.3. The number of hydrogen-bond acceptors (Lipinski definition) is 6. The van der Waals surface area contributed by atoms with Crippen LogP contribution in [-0.4, -0.2) is 67.2 Å². The molecule has 0 bridgehead atoms. The molecule has 2 aromatic rings. The van der Waals surface area contributed by atoms with Gasteiger partial charge in [-0.25, -0.2) is 0 Å². The molecule has 0 atom stereocenters. The molecular formula is C27H42N4O3. The Morgan fingerprint density at radius 3 is 1.50 bits per heavy atom. The van der Waals surface area contributed by atoms with Crippen molar-refractivity contribution in [1.82, 2.24) is 9.80 Å². The van der Waals surface area contributed by atoms with Gasteiger partial charge in [0.15, 0.2) is 0 Å². The molecule has 2 heterocycles. The summed E-state index contributed by atoms with van der Waals surface area (Å²) in [6.07, 6.45) is 7.39. The van der Waals surface area contributed by atoms with E-state index < -0.39 is 0 Å². The highest BCUT2D eigenvalue weighted by Gasteiger charge is 2.18. The largest absolute Gasteiger partial charge is 0.400 e. The van der Waals surface area contributed by atoms with Crippen LogP contribution in [0.15, 0.2) is 48.5 Å². The maximum atomic E-state index is 10.5. The summed E-state index contributed by atoms with van der Waals surface area (Å²) in [4.78, 5) is 15.0. The molecule has 3 N–H and O–H groups in total. The Kier molecular flexibility index (Phi) is 12.0. The fourth-order valence-electron chi connectivity index (χ4n) is 4.61. The minimum Gasteiger partial charge on any atom is -0.400 e. The van der Waals surface area contributed by atoms with Gasteiger partial charge in [0, 0.05) is 24.9 Å². The molecule has 0 amide bonds. The van der Waals surface area contributed by atoms with Crippen LogP contribution in [0, 0.1) is 22.0 Å². The molecule has 2 aliphatic heterocycles. The third-order valence-corrected chi connectivity index (χ3v) is 6.85. The number of aliphatic hydroxyl groups is 1. The predicted molar refractivity (Wildman–Crippen MR) is 140 cm³/mol. The fourth-order valence-corrected chi connectivity index (χ4v) is 4.61. The number of rotatable bonds is 5. The van der Waals surface area contributed by atoms with Crippen LogP contribution in [0.25, 0.3) is 0 Å². The Morgan fingerprint density at radius 1 is 0.794 bits per heavy atom. The summed E-state index contributed by atoms with van der Waals surface area (Å²) in [7, 11) is 5.36. The van der Waals surface area contributed by atoms with E-state index in [0.717, 1.165) is 44.1 Å². The number of nitrogen functional groups attached to an aromatic ring is 1. The van der Waals surface area contributed by atoms with Crippen LogP contribution in [-0.2, 0) is 12.8 Å². The second kappa shape index (κ2) is 14.7. The van der Waals surface area contributed by atoms with Gasteiger partial charge in [0.25, 0.3) is 5.69 Å². The van der Waals surface area contributed by atoms with Gasteiger partial charge in [-0.2, -0.15) is 0 Å². The normalized spacial score (nSPS) is 17.8. The monoisotopic (exact) mass is 470 g/mol. The molecule has 0 aliphatic carbocycles. The Balaban J connectivity index is 0.000000225. The summed E-state index contributed by atoms with van der Waals surface area (Å²) in [5, 5.41) is 17.5. The number of nitrogens with two attached hydrogens (primary N) is 1. The van der Waals surface area contributed by atoms with Crippen LogP contribution in [0.1, 0.15) is 36.8 Å². The van der Waals surface area contributed by atoms with Gasteiger partial charge >= 0.3 is 0 Å². The van der Waals surface area contributed by atoms with Crippen LogP contribution in [0.3, 0.4) is 0 Å². The molecule has 188 valence electrons. The number of hydrogen-bond donors (Lipinski definition) is 2. The third-order valence-electron chi connectivity index (χ3n) is 6.85. The SMILES string of the molecule is CN1CCC(Cc2ccc(N)cc2)CC1.CN1CCC(Cc2ccc([N+](=O)[O-])cc2)CC1.CO. The summed E-state index contributed by atoms with van der Waals surface area (Å²) in [6.45, 7) is 4.83. The van der Waals surface area contributed by atoms with Gasteiger partial charge in [-0.3, -0.25) is 10.1 Å². The molecule has 2 aromatic carbocycles. The molecule has 0 aromatic heterocycles. The van der Waals surface area contributed by atoms with Crippen LogP contribution < -0.4 is 5.73 Å². The van der Waals surface area contributed by atoms with Crippen molar-refractivity contribution in [1.29, 1.82) is 0 Å². The molecule has 0 radical (unpaired) electrons. The highest BCUT2D eigenvalue weighted by molar-refractivity contribution is 5.39. The molecular weight excluding hydrogens is 428 g/mol. The maximum absolute atomic E-state index is 10.5. The van der Waals surface area contributed by atoms with E-state index in [2.05, 4.69) is 36.0 Å². The topological polar surface area (TPSA) is 95.9 Å². The summed E-state index contributed by atoms with van der Waals surface area (Å²) in [5.41, 5.74) is 9.35. The Bertz CT molecular complexity index is 826. The first kappa shape index (κ1) is 27.8. The van der Waals surface area contributed by atoms with Gasteiger partial charge in [-0.1, -0.05) is 24.3 Å². The number of piperidine rings is 2. The molecule has 4 rings (SSSR count). The van der Waals surface area contributed by atoms with Crippen LogP contribution in [0.5, 0.6) is 0 Å². The maximum Gasteiger partial charge on any atom is 0.269 e. The molecule has 2 fully saturated rings. The second-order valence-corrected chi connectivity index (χ2v) is 9.57. The van der Waals surface area contributed by atoms with Crippen molar-refractivity contribution in [2.45, 2.75) is 38.5 Å². The van der Waals surface area contributed by atoms with Crippen LogP contribution in [0.4, 0.5) is 11.4 Å². The van der Waals surface area contributed by atoms with Gasteiger partial charge in [0.05, 0.1) is 4.92 Å². The standard InChI is InChI=1S/C13H18N2O2.C13H20N2.CH4O/c1-14-8-6-12(7-9-14)10-11-2-4-13(5-3-11)15(16)17;1-15-8-6-12(7-9-15)10-11-2-4-13(14)5-3-11;1-2/h2-5,12H,6-10H2,1H3;2-5,12H,6-10,14H2,1H3;2H,1H3. The lowest BCUT2D eigenvalue weighted by Crippen LogP contribution is -2.30. The zero-order chi connectivity index (χ0) is 24.9. The van der Waals surface area contributed by atoms with Crippen molar-refractivity contribution in [3.8, 4) is 0 Å².